The van der Waals surface area contributed by atoms with Gasteiger partial charge in [0.15, 0.2) is 0 Å². The van der Waals surface area contributed by atoms with Crippen LogP contribution in [0.5, 0.6) is 0 Å². The van der Waals surface area contributed by atoms with Gasteiger partial charge in [0.25, 0.3) is 0 Å². The molecule has 36 valence electrons. The molecule has 0 saturated heterocycles. The molecular weight excluding hydrogens is 108 g/mol. The molecule has 0 spiro atoms. The maximum atomic E-state index is 7.94. The van der Waals surface area contributed by atoms with E-state index in [2.05, 4.69) is 4.74 Å². The Labute approximate surface area is 70.5 Å². The van der Waals surface area contributed by atoms with Crippen LogP contribution in [-0.4, -0.2) is 63.2 Å². The Balaban J connectivity index is -0.0000000267. The second-order valence-corrected chi connectivity index (χ2v) is 0.716. The van der Waals surface area contributed by atoms with Crippen molar-refractivity contribution in [2.75, 3.05) is 20.3 Å². The van der Waals surface area contributed by atoms with Gasteiger partial charge in [0, 0.05) is 7.11 Å². The molecule has 0 saturated carbocycles. The monoisotopic (exact) mass is 118 g/mol. The molecule has 0 bridgehead atoms. The third-order valence-corrected chi connectivity index (χ3v) is 0.295. The zero-order valence-corrected chi connectivity index (χ0v) is 6.19. The Bertz CT molecular complexity index is 22.8. The molecule has 3 heteroatoms. The standard InChI is InChI=1S/C3H8O2.Ca.2H/c1-5-3-2-4;;;/h4H,2-3H2,1H3;;;/q;+2;2*-1. The number of aliphatic hydroxyl groups is 1. The van der Waals surface area contributed by atoms with Crippen molar-refractivity contribution in [2.45, 2.75) is 0 Å². The minimum atomic E-state index is 0. The molecule has 0 aliphatic carbocycles. The van der Waals surface area contributed by atoms with E-state index >= 15 is 0 Å². The van der Waals surface area contributed by atoms with E-state index in [1.165, 1.54) is 0 Å². The van der Waals surface area contributed by atoms with Gasteiger partial charge < -0.3 is 12.7 Å². The minimum Gasteiger partial charge on any atom is -1.00 e. The van der Waals surface area contributed by atoms with E-state index in [0.29, 0.717) is 6.61 Å². The van der Waals surface area contributed by atoms with Crippen LogP contribution in [0.15, 0.2) is 0 Å². The van der Waals surface area contributed by atoms with Crippen LogP contribution in [0.3, 0.4) is 0 Å². The van der Waals surface area contributed by atoms with Gasteiger partial charge in [-0.05, 0) is 0 Å². The molecule has 0 aromatic rings. The molecule has 0 fully saturated rings. The fraction of sp³-hybridized carbons (Fsp3) is 1.00. The van der Waals surface area contributed by atoms with Crippen LogP contribution >= 0.6 is 0 Å². The molecule has 0 aromatic carbocycles. The number of methoxy groups -OCH3 is 1. The van der Waals surface area contributed by atoms with E-state index in [-0.39, 0.29) is 47.2 Å². The van der Waals surface area contributed by atoms with E-state index in [1.807, 2.05) is 0 Å². The second-order valence-electron chi connectivity index (χ2n) is 0.716. The zero-order chi connectivity index (χ0) is 4.12. The predicted molar refractivity (Wildman–Crippen MR) is 26.9 cm³/mol. The summed E-state index contributed by atoms with van der Waals surface area (Å²) in [6, 6.07) is 0. The Morgan fingerprint density at radius 3 is 2.33 bits per heavy atom. The van der Waals surface area contributed by atoms with Gasteiger partial charge in [-0.3, -0.25) is 0 Å². The summed E-state index contributed by atoms with van der Waals surface area (Å²) in [7, 11) is 1.55. The normalized spacial score (nSPS) is 7.00. The van der Waals surface area contributed by atoms with Crippen molar-refractivity contribution in [3.05, 3.63) is 0 Å². The van der Waals surface area contributed by atoms with Gasteiger partial charge in [0.2, 0.25) is 0 Å². The fourth-order valence-corrected chi connectivity index (χ4v) is 0.0913. The van der Waals surface area contributed by atoms with Crippen molar-refractivity contribution in [3.63, 3.8) is 0 Å². The molecule has 0 aliphatic heterocycles. The first-order chi connectivity index (χ1) is 2.41. The van der Waals surface area contributed by atoms with Gasteiger partial charge in [-0.25, -0.2) is 0 Å². The number of hydrogen-bond acceptors (Lipinski definition) is 2. The van der Waals surface area contributed by atoms with Gasteiger partial charge in [0.05, 0.1) is 13.2 Å². The van der Waals surface area contributed by atoms with E-state index in [0.717, 1.165) is 0 Å². The number of aliphatic hydroxyl groups excluding tert-OH is 1. The van der Waals surface area contributed by atoms with Crippen LogP contribution in [0.2, 0.25) is 0 Å². The number of hydrogen-bond donors (Lipinski definition) is 1. The SMILES string of the molecule is COCCO.[Ca+2].[H-].[H-]. The van der Waals surface area contributed by atoms with Crippen molar-refractivity contribution < 1.29 is 12.7 Å². The van der Waals surface area contributed by atoms with Crippen LogP contribution in [0, 0.1) is 0 Å². The van der Waals surface area contributed by atoms with Crippen LogP contribution in [0.1, 0.15) is 2.85 Å². The third-order valence-electron chi connectivity index (χ3n) is 0.295. The average molecular weight is 118 g/mol. The van der Waals surface area contributed by atoms with E-state index in [9.17, 15) is 0 Å². The van der Waals surface area contributed by atoms with E-state index < -0.39 is 0 Å². The van der Waals surface area contributed by atoms with E-state index in [4.69, 9.17) is 5.11 Å². The number of ether oxygens (including phenoxy) is 1. The van der Waals surface area contributed by atoms with Crippen molar-refractivity contribution in [1.29, 1.82) is 0 Å². The van der Waals surface area contributed by atoms with Crippen LogP contribution in [0.25, 0.3) is 0 Å². The molecule has 0 amide bonds. The first-order valence-corrected chi connectivity index (χ1v) is 1.51. The van der Waals surface area contributed by atoms with Crippen molar-refractivity contribution >= 4 is 37.7 Å². The van der Waals surface area contributed by atoms with Crippen molar-refractivity contribution in [1.82, 2.24) is 0 Å². The van der Waals surface area contributed by atoms with Gasteiger partial charge in [-0.2, -0.15) is 0 Å². The Kier molecular flexibility index (Phi) is 16.2. The molecule has 0 unspecified atom stereocenters. The second kappa shape index (κ2) is 9.49. The molecule has 6 heavy (non-hydrogen) atoms. The molecule has 0 aromatic heterocycles. The summed E-state index contributed by atoms with van der Waals surface area (Å²) in [4.78, 5) is 0. The summed E-state index contributed by atoms with van der Waals surface area (Å²) in [5.74, 6) is 0. The minimum absolute atomic E-state index is 0. The maximum Gasteiger partial charge on any atom is 2.00 e. The third kappa shape index (κ3) is 8.95. The van der Waals surface area contributed by atoms with Gasteiger partial charge in [-0.1, -0.05) is 0 Å². The Morgan fingerprint density at radius 1 is 1.83 bits per heavy atom. The van der Waals surface area contributed by atoms with Gasteiger partial charge in [0.1, 0.15) is 0 Å². The molecule has 1 N–H and O–H groups in total. The molecule has 0 atom stereocenters. The van der Waals surface area contributed by atoms with Crippen LogP contribution in [-0.2, 0) is 4.74 Å². The topological polar surface area (TPSA) is 29.5 Å². The quantitative estimate of drug-likeness (QED) is 0.494. The zero-order valence-electron chi connectivity index (χ0n) is 5.98. The molecular formula is C3H10CaO2. The van der Waals surface area contributed by atoms with Crippen LogP contribution < -0.4 is 0 Å². The smallest absolute Gasteiger partial charge is 1.00 e. The van der Waals surface area contributed by atoms with E-state index in [1.54, 1.807) is 7.11 Å². The fourth-order valence-electron chi connectivity index (χ4n) is 0.0913. The largest absolute Gasteiger partial charge is 2.00 e. The van der Waals surface area contributed by atoms with Crippen molar-refractivity contribution in [3.8, 4) is 0 Å². The average Bonchev–Trinajstić information content (AvgIpc) is 1.41. The predicted octanol–water partition coefficient (Wildman–Crippen LogP) is -0.531. The summed E-state index contributed by atoms with van der Waals surface area (Å²) in [6.45, 7) is 0.566. The Morgan fingerprint density at radius 2 is 2.33 bits per heavy atom. The summed E-state index contributed by atoms with van der Waals surface area (Å²) in [5, 5.41) is 7.94. The summed E-state index contributed by atoms with van der Waals surface area (Å²) in [5.41, 5.74) is 0. The molecule has 0 heterocycles. The molecule has 0 aliphatic rings. The van der Waals surface area contributed by atoms with Gasteiger partial charge >= 0.3 is 37.7 Å². The Hall–Kier alpha value is 1.18. The molecule has 0 radical (unpaired) electrons. The van der Waals surface area contributed by atoms with Crippen molar-refractivity contribution in [2.24, 2.45) is 0 Å². The maximum absolute atomic E-state index is 7.94. The first kappa shape index (κ1) is 10.2. The van der Waals surface area contributed by atoms with Crippen LogP contribution in [0.4, 0.5) is 0 Å². The summed E-state index contributed by atoms with van der Waals surface area (Å²) >= 11 is 0. The number of rotatable bonds is 2. The molecule has 2 nitrogen and oxygen atoms in total. The summed E-state index contributed by atoms with van der Waals surface area (Å²) < 4.78 is 4.44. The molecule has 0 rings (SSSR count). The van der Waals surface area contributed by atoms with Gasteiger partial charge in [-0.15, -0.1) is 0 Å². The summed E-state index contributed by atoms with van der Waals surface area (Å²) in [6.07, 6.45) is 0. The first-order valence-electron chi connectivity index (χ1n) is 1.51.